The Balaban J connectivity index is 1.47. The first-order valence-electron chi connectivity index (χ1n) is 11.6. The monoisotopic (exact) mass is 554 g/mol. The molecule has 0 unspecified atom stereocenters. The Morgan fingerprint density at radius 1 is 1.08 bits per heavy atom. The average molecular weight is 555 g/mol. The number of hydrogen-bond acceptors (Lipinski definition) is 5. The molecule has 1 amide bonds. The third-order valence-electron chi connectivity index (χ3n) is 6.42. The Morgan fingerprint density at radius 2 is 1.76 bits per heavy atom. The first-order valence-corrected chi connectivity index (χ1v) is 13.8. The molecule has 1 heterocycles. The second-order valence-electron chi connectivity index (χ2n) is 9.17. The van der Waals surface area contributed by atoms with E-state index in [1.54, 1.807) is 30.3 Å². The molecular weight excluding hydrogens is 529 g/mol. The Morgan fingerprint density at radius 3 is 2.41 bits per heavy atom. The number of hydrogen-bond donors (Lipinski definition) is 2. The maximum Gasteiger partial charge on any atom is 0.433 e. The molecule has 1 fully saturated rings. The number of halogens is 4. The maximum atomic E-state index is 13.5. The normalized spacial score (nSPS) is 18.4. The van der Waals surface area contributed by atoms with Crippen molar-refractivity contribution in [1.29, 1.82) is 0 Å². The molecular formula is C25H26ClF3N4O3S. The fourth-order valence-electron chi connectivity index (χ4n) is 4.42. The zero-order valence-electron chi connectivity index (χ0n) is 20.1. The van der Waals surface area contributed by atoms with Gasteiger partial charge in [-0.2, -0.15) is 13.2 Å². The van der Waals surface area contributed by atoms with E-state index in [1.165, 1.54) is 19.2 Å². The van der Waals surface area contributed by atoms with E-state index in [9.17, 15) is 26.4 Å². The summed E-state index contributed by atoms with van der Waals surface area (Å²) in [6.45, 7) is 0. The van der Waals surface area contributed by atoms with Crippen LogP contribution in [0.4, 0.5) is 24.5 Å². The largest absolute Gasteiger partial charge is 0.433 e. The van der Waals surface area contributed by atoms with Gasteiger partial charge in [0.15, 0.2) is 0 Å². The Kier molecular flexibility index (Phi) is 7.57. The van der Waals surface area contributed by atoms with E-state index >= 15 is 0 Å². The quantitative estimate of drug-likeness (QED) is 0.422. The highest BCUT2D eigenvalue weighted by atomic mass is 35.5. The lowest BCUT2D eigenvalue weighted by molar-refractivity contribution is -0.140. The third kappa shape index (κ3) is 6.45. The zero-order valence-corrected chi connectivity index (χ0v) is 21.7. The van der Waals surface area contributed by atoms with Crippen LogP contribution in [-0.4, -0.2) is 44.7 Å². The van der Waals surface area contributed by atoms with Gasteiger partial charge in [0, 0.05) is 40.8 Å². The number of aromatic nitrogens is 1. The molecule has 1 aromatic heterocycles. The molecule has 0 aliphatic heterocycles. The number of amides is 1. The van der Waals surface area contributed by atoms with Gasteiger partial charge in [0.1, 0.15) is 5.69 Å². The van der Waals surface area contributed by atoms with Crippen molar-refractivity contribution in [1.82, 2.24) is 10.3 Å². The Hall–Kier alpha value is -3.05. The highest BCUT2D eigenvalue weighted by Gasteiger charge is 2.34. The molecule has 2 atom stereocenters. The predicted molar refractivity (Wildman–Crippen MR) is 139 cm³/mol. The van der Waals surface area contributed by atoms with Crippen LogP contribution in [0.5, 0.6) is 0 Å². The average Bonchev–Trinajstić information content (AvgIpc) is 2.83. The van der Waals surface area contributed by atoms with Crippen LogP contribution in [0, 0.1) is 0 Å². The second kappa shape index (κ2) is 10.4. The number of rotatable bonds is 6. The summed E-state index contributed by atoms with van der Waals surface area (Å²) in [7, 11) is -1.99. The van der Waals surface area contributed by atoms with Gasteiger partial charge in [-0.1, -0.05) is 11.6 Å². The topological polar surface area (TPSA) is 91.4 Å². The minimum absolute atomic E-state index is 0.171. The van der Waals surface area contributed by atoms with Gasteiger partial charge >= 0.3 is 6.18 Å². The van der Waals surface area contributed by atoms with Crippen molar-refractivity contribution < 1.29 is 26.4 Å². The molecule has 1 aliphatic rings. The fourth-order valence-corrected chi connectivity index (χ4v) is 5.09. The van der Waals surface area contributed by atoms with Crippen LogP contribution in [0.1, 0.15) is 41.7 Å². The number of sulfonamides is 1. The van der Waals surface area contributed by atoms with Crippen LogP contribution in [0.3, 0.4) is 0 Å². The maximum absolute atomic E-state index is 13.5. The third-order valence-corrected chi connectivity index (χ3v) is 7.86. The van der Waals surface area contributed by atoms with Crippen LogP contribution < -0.4 is 14.9 Å². The molecule has 0 saturated heterocycles. The molecule has 198 valence electrons. The summed E-state index contributed by atoms with van der Waals surface area (Å²) in [5, 5.41) is 7.10. The summed E-state index contributed by atoms with van der Waals surface area (Å²) in [6.07, 6.45) is -0.753. The van der Waals surface area contributed by atoms with E-state index in [1.807, 2.05) is 0 Å². The number of fused-ring (bicyclic) bond motifs is 1. The smallest absolute Gasteiger partial charge is 0.382 e. The molecule has 1 saturated carbocycles. The lowest BCUT2D eigenvalue weighted by Crippen LogP contribution is -2.41. The number of anilines is 2. The summed E-state index contributed by atoms with van der Waals surface area (Å²) in [4.78, 5) is 16.6. The van der Waals surface area contributed by atoms with Gasteiger partial charge in [0.2, 0.25) is 10.0 Å². The van der Waals surface area contributed by atoms with Crippen LogP contribution in [0.15, 0.2) is 48.5 Å². The second-order valence-corrected chi connectivity index (χ2v) is 11.6. The molecule has 4 rings (SSSR count). The number of pyridine rings is 1. The first kappa shape index (κ1) is 27.0. The van der Waals surface area contributed by atoms with Crippen molar-refractivity contribution >= 4 is 49.8 Å². The highest BCUT2D eigenvalue weighted by molar-refractivity contribution is 7.92. The van der Waals surface area contributed by atoms with Crippen molar-refractivity contribution in [3.05, 3.63) is 64.8 Å². The van der Waals surface area contributed by atoms with E-state index in [0.29, 0.717) is 33.8 Å². The number of benzene rings is 2. The van der Waals surface area contributed by atoms with Crippen molar-refractivity contribution in [3.63, 3.8) is 0 Å². The molecule has 0 bridgehead atoms. The lowest BCUT2D eigenvalue weighted by atomic mass is 9.90. The number of carbonyl (C=O) groups excluding carboxylic acids is 1. The van der Waals surface area contributed by atoms with Gasteiger partial charge in [0.05, 0.1) is 17.5 Å². The van der Waals surface area contributed by atoms with Gasteiger partial charge < -0.3 is 10.6 Å². The Bertz CT molecular complexity index is 1420. The molecule has 0 radical (unpaired) electrons. The molecule has 2 aromatic carbocycles. The molecule has 37 heavy (non-hydrogen) atoms. The van der Waals surface area contributed by atoms with Crippen LogP contribution >= 0.6 is 11.6 Å². The number of carbonyl (C=O) groups is 1. The zero-order chi connectivity index (χ0) is 27.0. The molecule has 1 aliphatic carbocycles. The SMILES string of the molecule is CN(c1ccc(C(=O)N[C@@H]2CCC[C@H](Nc3cc(C(F)(F)F)nc4ccc(Cl)cc34)C2)cc1)S(C)(=O)=O. The van der Waals surface area contributed by atoms with E-state index in [-0.39, 0.29) is 23.5 Å². The summed E-state index contributed by atoms with van der Waals surface area (Å²) in [5.74, 6) is -0.306. The molecule has 3 aromatic rings. The van der Waals surface area contributed by atoms with Gasteiger partial charge in [0.25, 0.3) is 5.91 Å². The van der Waals surface area contributed by atoms with E-state index in [0.717, 1.165) is 35.9 Å². The number of nitrogens with zero attached hydrogens (tertiary/aromatic N) is 2. The molecule has 2 N–H and O–H groups in total. The van der Waals surface area contributed by atoms with E-state index < -0.39 is 21.9 Å². The van der Waals surface area contributed by atoms with Crippen molar-refractivity contribution in [2.75, 3.05) is 22.9 Å². The van der Waals surface area contributed by atoms with E-state index in [4.69, 9.17) is 11.6 Å². The van der Waals surface area contributed by atoms with Crippen LogP contribution in [-0.2, 0) is 16.2 Å². The Labute approximate surface area is 218 Å². The standard InChI is InChI=1S/C25H26ClF3N4O3S/c1-33(37(2,35)36)19-9-6-15(7-10-19)24(34)31-18-5-3-4-17(13-18)30-22-14-23(25(27,28)29)32-21-11-8-16(26)12-20(21)22/h6-12,14,17-18H,3-5,13H2,1-2H3,(H,30,32)(H,31,34)/t17-,18+/m0/s1. The van der Waals surface area contributed by atoms with Crippen LogP contribution in [0.25, 0.3) is 10.9 Å². The fraction of sp³-hybridized carbons (Fsp3) is 0.360. The predicted octanol–water partition coefficient (Wildman–Crippen LogP) is 5.46. The van der Waals surface area contributed by atoms with Gasteiger partial charge in [-0.25, -0.2) is 13.4 Å². The minimum Gasteiger partial charge on any atom is -0.382 e. The minimum atomic E-state index is -4.60. The van der Waals surface area contributed by atoms with Crippen molar-refractivity contribution in [2.45, 2.75) is 43.9 Å². The summed E-state index contributed by atoms with van der Waals surface area (Å²) < 4.78 is 64.9. The molecule has 7 nitrogen and oxygen atoms in total. The van der Waals surface area contributed by atoms with Crippen molar-refractivity contribution in [3.8, 4) is 0 Å². The van der Waals surface area contributed by atoms with Gasteiger partial charge in [-0.3, -0.25) is 9.10 Å². The van der Waals surface area contributed by atoms with E-state index in [2.05, 4.69) is 15.6 Å². The van der Waals surface area contributed by atoms with Crippen molar-refractivity contribution in [2.24, 2.45) is 0 Å². The lowest BCUT2D eigenvalue weighted by Gasteiger charge is -2.31. The number of nitrogens with one attached hydrogen (secondary N) is 2. The van der Waals surface area contributed by atoms with Crippen LogP contribution in [0.2, 0.25) is 5.02 Å². The van der Waals surface area contributed by atoms with Gasteiger partial charge in [-0.15, -0.1) is 0 Å². The number of alkyl halides is 3. The summed E-state index contributed by atoms with van der Waals surface area (Å²) in [6, 6.07) is 11.4. The summed E-state index contributed by atoms with van der Waals surface area (Å²) in [5.41, 5.74) is 0.305. The highest BCUT2D eigenvalue weighted by Crippen LogP contribution is 2.35. The van der Waals surface area contributed by atoms with Gasteiger partial charge in [-0.05, 0) is 74.2 Å². The first-order chi connectivity index (χ1) is 17.3. The molecule has 0 spiro atoms. The summed E-state index contributed by atoms with van der Waals surface area (Å²) >= 11 is 6.09. The molecule has 12 heteroatoms.